The van der Waals surface area contributed by atoms with Gasteiger partial charge in [-0.1, -0.05) is 20.3 Å². The number of carbonyl (C=O) groups is 4. The van der Waals surface area contributed by atoms with Crippen LogP contribution in [0.15, 0.2) is 0 Å². The number of hydrogen-bond donors (Lipinski definition) is 5. The lowest BCUT2D eigenvalue weighted by atomic mass is 9.98. The SMILES string of the molecule is CCC(C)C(NC(N)=O)C(=O)N[C@H](CC(N)=O)C(=O)O. The molecule has 0 radical (unpaired) electrons. The number of aliphatic carboxylic acids is 1. The van der Waals surface area contributed by atoms with Crippen LogP contribution in [0, 0.1) is 5.92 Å². The van der Waals surface area contributed by atoms with Gasteiger partial charge in [-0.15, -0.1) is 0 Å². The lowest BCUT2D eigenvalue weighted by Crippen LogP contribution is -2.55. The Morgan fingerprint density at radius 2 is 1.70 bits per heavy atom. The van der Waals surface area contributed by atoms with Gasteiger partial charge in [-0.25, -0.2) is 9.59 Å². The van der Waals surface area contributed by atoms with Crippen LogP contribution in [0.25, 0.3) is 0 Å². The molecular formula is C11H20N4O5. The molecule has 0 aromatic heterocycles. The topological polar surface area (TPSA) is 165 Å². The van der Waals surface area contributed by atoms with Crippen molar-refractivity contribution < 1.29 is 24.3 Å². The highest BCUT2D eigenvalue weighted by Gasteiger charge is 2.29. The van der Waals surface area contributed by atoms with Gasteiger partial charge in [-0.05, 0) is 5.92 Å². The van der Waals surface area contributed by atoms with Crippen LogP contribution in [0.1, 0.15) is 26.7 Å². The predicted octanol–water partition coefficient (Wildman–Crippen LogP) is -1.49. The van der Waals surface area contributed by atoms with Crippen molar-refractivity contribution in [3.63, 3.8) is 0 Å². The van der Waals surface area contributed by atoms with E-state index >= 15 is 0 Å². The molecule has 114 valence electrons. The van der Waals surface area contributed by atoms with Gasteiger partial charge in [0, 0.05) is 0 Å². The molecule has 0 rings (SSSR count). The van der Waals surface area contributed by atoms with Gasteiger partial charge in [0.1, 0.15) is 12.1 Å². The van der Waals surface area contributed by atoms with Crippen LogP contribution < -0.4 is 22.1 Å². The number of rotatable bonds is 8. The van der Waals surface area contributed by atoms with Crippen LogP contribution in [0.3, 0.4) is 0 Å². The molecule has 0 saturated heterocycles. The van der Waals surface area contributed by atoms with E-state index in [0.29, 0.717) is 6.42 Å². The van der Waals surface area contributed by atoms with Gasteiger partial charge >= 0.3 is 12.0 Å². The highest BCUT2D eigenvalue weighted by molar-refractivity contribution is 5.91. The highest BCUT2D eigenvalue weighted by atomic mass is 16.4. The number of nitrogens with two attached hydrogens (primary N) is 2. The lowest BCUT2D eigenvalue weighted by molar-refractivity contribution is -0.143. The summed E-state index contributed by atoms with van der Waals surface area (Å²) in [6.45, 7) is 3.50. The lowest BCUT2D eigenvalue weighted by Gasteiger charge is -2.24. The highest BCUT2D eigenvalue weighted by Crippen LogP contribution is 2.08. The summed E-state index contributed by atoms with van der Waals surface area (Å²) in [5, 5.41) is 13.3. The molecule has 0 heterocycles. The summed E-state index contributed by atoms with van der Waals surface area (Å²) >= 11 is 0. The van der Waals surface area contributed by atoms with E-state index in [0.717, 1.165) is 0 Å². The van der Waals surface area contributed by atoms with Crippen molar-refractivity contribution in [3.8, 4) is 0 Å². The largest absolute Gasteiger partial charge is 0.480 e. The number of amides is 4. The summed E-state index contributed by atoms with van der Waals surface area (Å²) in [5.41, 5.74) is 9.88. The second-order valence-electron chi connectivity index (χ2n) is 4.44. The number of carboxylic acids is 1. The molecule has 0 spiro atoms. The zero-order chi connectivity index (χ0) is 15.9. The van der Waals surface area contributed by atoms with Crippen LogP contribution in [-0.2, 0) is 14.4 Å². The second kappa shape index (κ2) is 7.97. The van der Waals surface area contributed by atoms with Crippen molar-refractivity contribution in [2.75, 3.05) is 0 Å². The molecule has 4 amide bonds. The van der Waals surface area contributed by atoms with Crippen molar-refractivity contribution in [1.82, 2.24) is 10.6 Å². The molecule has 2 unspecified atom stereocenters. The first-order valence-electron chi connectivity index (χ1n) is 6.06. The molecule has 9 heteroatoms. The molecule has 9 nitrogen and oxygen atoms in total. The van der Waals surface area contributed by atoms with E-state index in [1.807, 2.05) is 0 Å². The Bertz CT molecular complexity index is 398. The van der Waals surface area contributed by atoms with E-state index in [2.05, 4.69) is 10.6 Å². The summed E-state index contributed by atoms with van der Waals surface area (Å²) in [6, 6.07) is -3.32. The van der Waals surface area contributed by atoms with E-state index in [9.17, 15) is 19.2 Å². The van der Waals surface area contributed by atoms with Gasteiger partial charge < -0.3 is 27.2 Å². The number of hydrogen-bond acceptors (Lipinski definition) is 4. The van der Waals surface area contributed by atoms with E-state index < -0.39 is 42.3 Å². The van der Waals surface area contributed by atoms with Crippen LogP contribution in [0.4, 0.5) is 4.79 Å². The first-order valence-corrected chi connectivity index (χ1v) is 6.06. The molecular weight excluding hydrogens is 268 g/mol. The number of urea groups is 1. The molecule has 0 saturated carbocycles. The van der Waals surface area contributed by atoms with Crippen molar-refractivity contribution in [2.24, 2.45) is 17.4 Å². The molecule has 0 aliphatic heterocycles. The number of carbonyl (C=O) groups excluding carboxylic acids is 3. The van der Waals surface area contributed by atoms with Gasteiger partial charge in [0.25, 0.3) is 0 Å². The third-order valence-electron chi connectivity index (χ3n) is 2.81. The average Bonchev–Trinajstić information content (AvgIpc) is 2.33. The molecule has 7 N–H and O–H groups in total. The first kappa shape index (κ1) is 17.7. The zero-order valence-corrected chi connectivity index (χ0v) is 11.4. The maximum Gasteiger partial charge on any atom is 0.326 e. The summed E-state index contributed by atoms with van der Waals surface area (Å²) < 4.78 is 0. The van der Waals surface area contributed by atoms with E-state index in [4.69, 9.17) is 16.6 Å². The number of nitrogens with one attached hydrogen (secondary N) is 2. The van der Waals surface area contributed by atoms with Gasteiger partial charge in [-0.2, -0.15) is 0 Å². The minimum Gasteiger partial charge on any atom is -0.480 e. The molecule has 0 fully saturated rings. The third-order valence-corrected chi connectivity index (χ3v) is 2.81. The van der Waals surface area contributed by atoms with E-state index in [-0.39, 0.29) is 5.92 Å². The van der Waals surface area contributed by atoms with Crippen LogP contribution in [0.2, 0.25) is 0 Å². The maximum absolute atomic E-state index is 12.0. The first-order chi connectivity index (χ1) is 9.18. The molecule has 0 aliphatic carbocycles. The summed E-state index contributed by atoms with van der Waals surface area (Å²) in [4.78, 5) is 44.5. The smallest absolute Gasteiger partial charge is 0.326 e. The van der Waals surface area contributed by atoms with Crippen LogP contribution >= 0.6 is 0 Å². The third kappa shape index (κ3) is 6.03. The quantitative estimate of drug-likeness (QED) is 0.366. The van der Waals surface area contributed by atoms with Crippen molar-refractivity contribution in [3.05, 3.63) is 0 Å². The average molecular weight is 288 g/mol. The Morgan fingerprint density at radius 3 is 2.05 bits per heavy atom. The monoisotopic (exact) mass is 288 g/mol. The Balaban J connectivity index is 4.91. The second-order valence-corrected chi connectivity index (χ2v) is 4.44. The Hall–Kier alpha value is -2.32. The number of carboxylic acid groups (broad SMARTS) is 1. The van der Waals surface area contributed by atoms with Crippen molar-refractivity contribution in [1.29, 1.82) is 0 Å². The van der Waals surface area contributed by atoms with Crippen molar-refractivity contribution in [2.45, 2.75) is 38.8 Å². The molecule has 0 bridgehead atoms. The molecule has 0 aromatic rings. The predicted molar refractivity (Wildman–Crippen MR) is 69.3 cm³/mol. The van der Waals surface area contributed by atoms with Crippen molar-refractivity contribution >= 4 is 23.8 Å². The Labute approximate surface area is 116 Å². The number of primary amides is 2. The zero-order valence-electron chi connectivity index (χ0n) is 11.4. The van der Waals surface area contributed by atoms with E-state index in [1.54, 1.807) is 13.8 Å². The standard InChI is InChI=1S/C11H20N4O5/c1-3-5(2)8(15-11(13)20)9(17)14-6(10(18)19)4-7(12)16/h5-6,8H,3-4H2,1-2H3,(H2,12,16)(H,14,17)(H,18,19)(H3,13,15,20)/t5?,6-,8?/m1/s1. The fraction of sp³-hybridized carbons (Fsp3) is 0.636. The minimum atomic E-state index is -1.44. The maximum atomic E-state index is 12.0. The van der Waals surface area contributed by atoms with Gasteiger partial charge in [0.15, 0.2) is 0 Å². The Morgan fingerprint density at radius 1 is 1.15 bits per heavy atom. The van der Waals surface area contributed by atoms with Gasteiger partial charge in [0.2, 0.25) is 11.8 Å². The van der Waals surface area contributed by atoms with Crippen LogP contribution in [0.5, 0.6) is 0 Å². The van der Waals surface area contributed by atoms with Crippen LogP contribution in [-0.4, -0.2) is 41.0 Å². The normalized spacial score (nSPS) is 14.7. The summed E-state index contributed by atoms with van der Waals surface area (Å²) in [6.07, 6.45) is 0.0246. The fourth-order valence-electron chi connectivity index (χ4n) is 1.52. The van der Waals surface area contributed by atoms with Gasteiger partial charge in [-0.3, -0.25) is 9.59 Å². The molecule has 20 heavy (non-hydrogen) atoms. The molecule has 3 atom stereocenters. The molecule has 0 aliphatic rings. The van der Waals surface area contributed by atoms with Gasteiger partial charge in [0.05, 0.1) is 6.42 Å². The fourth-order valence-corrected chi connectivity index (χ4v) is 1.52. The molecule has 0 aromatic carbocycles. The van der Waals surface area contributed by atoms with E-state index in [1.165, 1.54) is 0 Å². The summed E-state index contributed by atoms with van der Waals surface area (Å²) in [7, 11) is 0. The minimum absolute atomic E-state index is 0.259. The summed E-state index contributed by atoms with van der Waals surface area (Å²) in [5.74, 6) is -3.24. The Kier molecular flexibility index (Phi) is 7.05.